The van der Waals surface area contributed by atoms with Gasteiger partial charge in [0.25, 0.3) is 0 Å². The molecule has 0 bridgehead atoms. The summed E-state index contributed by atoms with van der Waals surface area (Å²) < 4.78 is 10.5. The molecule has 0 spiro atoms. The molecule has 232 valence electrons. The van der Waals surface area contributed by atoms with E-state index >= 15 is 0 Å². The molecule has 0 saturated carbocycles. The fraction of sp³-hybridized carbons (Fsp3) is 0.733. The summed E-state index contributed by atoms with van der Waals surface area (Å²) in [7, 11) is 1.34. The molecule has 2 aliphatic rings. The third-order valence-electron chi connectivity index (χ3n) is 7.47. The first kappa shape index (κ1) is 34.5. The molecule has 41 heavy (non-hydrogen) atoms. The number of anilines is 1. The van der Waals surface area contributed by atoms with Crippen molar-refractivity contribution in [3.8, 4) is 0 Å². The van der Waals surface area contributed by atoms with Crippen LogP contribution < -0.4 is 10.6 Å². The quantitative estimate of drug-likeness (QED) is 0.278. The first-order chi connectivity index (χ1) is 19.0. The summed E-state index contributed by atoms with van der Waals surface area (Å²) in [6, 6.07) is 2.88. The number of hydrogen-bond donors (Lipinski definition) is 2. The molecule has 1 aromatic rings. The van der Waals surface area contributed by atoms with Crippen LogP contribution in [0.5, 0.6) is 0 Å². The van der Waals surface area contributed by atoms with Crippen LogP contribution in [-0.4, -0.2) is 83.3 Å². The average Bonchev–Trinajstić information content (AvgIpc) is 2.89. The summed E-state index contributed by atoms with van der Waals surface area (Å²) in [5.41, 5.74) is 1.87. The minimum Gasteiger partial charge on any atom is -0.467 e. The number of carbonyl (C=O) groups is 3. The SMILES string of the molecule is COC(=O)[C@H](CCCCCCCc1ccc2c(n1)NCCC2)NC(=O)N1[C@H](C)CN(C(=O)OC(C)(C)C)C[C@@H]1C.Cl. The number of methoxy groups -OCH3 is 1. The van der Waals surface area contributed by atoms with Crippen LogP contribution in [0, 0.1) is 0 Å². The van der Waals surface area contributed by atoms with Crippen molar-refractivity contribution in [1.82, 2.24) is 20.1 Å². The first-order valence-corrected chi connectivity index (χ1v) is 14.9. The first-order valence-electron chi connectivity index (χ1n) is 14.9. The second kappa shape index (κ2) is 16.0. The van der Waals surface area contributed by atoms with Crippen LogP contribution in [0.2, 0.25) is 0 Å². The maximum Gasteiger partial charge on any atom is 0.410 e. The summed E-state index contributed by atoms with van der Waals surface area (Å²) in [6.07, 6.45) is 8.41. The number of halogens is 1. The molecule has 2 aliphatic heterocycles. The van der Waals surface area contributed by atoms with E-state index in [1.54, 1.807) is 9.80 Å². The topological polar surface area (TPSA) is 113 Å². The summed E-state index contributed by atoms with van der Waals surface area (Å²) in [5, 5.41) is 6.29. The summed E-state index contributed by atoms with van der Waals surface area (Å²) in [5.74, 6) is 0.612. The number of urea groups is 1. The molecule has 2 N–H and O–H groups in total. The molecule has 0 radical (unpaired) electrons. The Hall–Kier alpha value is -2.75. The van der Waals surface area contributed by atoms with Gasteiger partial charge in [-0.2, -0.15) is 0 Å². The highest BCUT2D eigenvalue weighted by molar-refractivity contribution is 5.85. The highest BCUT2D eigenvalue weighted by Gasteiger charge is 2.37. The third kappa shape index (κ3) is 10.5. The van der Waals surface area contributed by atoms with Crippen LogP contribution >= 0.6 is 12.4 Å². The normalized spacial score (nSPS) is 19.3. The number of aromatic nitrogens is 1. The zero-order chi connectivity index (χ0) is 29.3. The van der Waals surface area contributed by atoms with Crippen molar-refractivity contribution in [2.75, 3.05) is 32.1 Å². The lowest BCUT2D eigenvalue weighted by Gasteiger charge is -2.44. The number of pyridine rings is 1. The largest absolute Gasteiger partial charge is 0.467 e. The Morgan fingerprint density at radius 3 is 2.39 bits per heavy atom. The lowest BCUT2D eigenvalue weighted by atomic mass is 10.0. The molecule has 3 rings (SSSR count). The van der Waals surface area contributed by atoms with Crippen molar-refractivity contribution in [2.45, 2.75) is 116 Å². The average molecular weight is 596 g/mol. The standard InChI is InChI=1S/C30H49N5O5.ClH/c1-21-19-34(29(38)40-30(3,4)5)20-22(2)35(21)28(37)33-25(27(36)39-6)15-11-9-7-8-10-14-24-17-16-23-13-12-18-31-26(23)32-24;/h16-17,21-22,25H,7-15,18-20H2,1-6H3,(H,31,32)(H,33,37);1H/t21-,22+,25-;/m0./s1. The Bertz CT molecular complexity index is 1010. The zero-order valence-corrected chi connectivity index (χ0v) is 26.5. The Balaban J connectivity index is 0.00000588. The predicted octanol–water partition coefficient (Wildman–Crippen LogP) is 5.33. The van der Waals surface area contributed by atoms with Gasteiger partial charge in [0.1, 0.15) is 17.5 Å². The van der Waals surface area contributed by atoms with Crippen LogP contribution in [-0.2, 0) is 27.1 Å². The number of esters is 1. The molecule has 3 amide bonds. The summed E-state index contributed by atoms with van der Waals surface area (Å²) in [4.78, 5) is 46.3. The molecule has 3 heterocycles. The maximum atomic E-state index is 13.2. The molecule has 1 fully saturated rings. The smallest absolute Gasteiger partial charge is 0.410 e. The van der Waals surface area contributed by atoms with E-state index in [0.717, 1.165) is 63.0 Å². The van der Waals surface area contributed by atoms with E-state index in [9.17, 15) is 14.4 Å². The van der Waals surface area contributed by atoms with Crippen molar-refractivity contribution in [2.24, 2.45) is 0 Å². The molecule has 0 aliphatic carbocycles. The molecule has 1 aromatic heterocycles. The number of aryl methyl sites for hydroxylation is 2. The Kier molecular flexibility index (Phi) is 13.5. The fourth-order valence-corrected chi connectivity index (χ4v) is 5.51. The van der Waals surface area contributed by atoms with Crippen LogP contribution in [0.4, 0.5) is 15.4 Å². The molecule has 11 heteroatoms. The van der Waals surface area contributed by atoms with Gasteiger partial charge in [0, 0.05) is 37.4 Å². The van der Waals surface area contributed by atoms with Gasteiger partial charge in [-0.05, 0) is 78.4 Å². The van der Waals surface area contributed by atoms with Crippen molar-refractivity contribution in [1.29, 1.82) is 0 Å². The number of unbranched alkanes of at least 4 members (excludes halogenated alkanes) is 4. The van der Waals surface area contributed by atoms with Crippen molar-refractivity contribution >= 4 is 36.3 Å². The van der Waals surface area contributed by atoms with E-state index in [1.807, 2.05) is 34.6 Å². The van der Waals surface area contributed by atoms with E-state index in [1.165, 1.54) is 19.1 Å². The van der Waals surface area contributed by atoms with Crippen LogP contribution in [0.3, 0.4) is 0 Å². The van der Waals surface area contributed by atoms with Gasteiger partial charge in [0.05, 0.1) is 7.11 Å². The van der Waals surface area contributed by atoms with E-state index in [2.05, 4.69) is 22.8 Å². The summed E-state index contributed by atoms with van der Waals surface area (Å²) in [6.45, 7) is 11.0. The number of amides is 3. The number of nitrogens with one attached hydrogen (secondary N) is 2. The monoisotopic (exact) mass is 595 g/mol. The Morgan fingerprint density at radius 1 is 1.07 bits per heavy atom. The van der Waals surface area contributed by atoms with Crippen molar-refractivity contribution < 1.29 is 23.9 Å². The number of ether oxygens (including phenoxy) is 2. The van der Waals surface area contributed by atoms with Gasteiger partial charge in [-0.25, -0.2) is 19.4 Å². The minimum absolute atomic E-state index is 0. The van der Waals surface area contributed by atoms with E-state index in [0.29, 0.717) is 19.5 Å². The third-order valence-corrected chi connectivity index (χ3v) is 7.47. The number of nitrogens with zero attached hydrogens (tertiary/aromatic N) is 3. The minimum atomic E-state index is -0.701. The van der Waals surface area contributed by atoms with Crippen molar-refractivity contribution in [3.05, 3.63) is 23.4 Å². The van der Waals surface area contributed by atoms with Gasteiger partial charge < -0.3 is 29.9 Å². The highest BCUT2D eigenvalue weighted by Crippen LogP contribution is 2.22. The molecule has 1 saturated heterocycles. The molecular weight excluding hydrogens is 546 g/mol. The predicted molar refractivity (Wildman–Crippen MR) is 163 cm³/mol. The van der Waals surface area contributed by atoms with Crippen LogP contribution in [0.25, 0.3) is 0 Å². The van der Waals surface area contributed by atoms with E-state index < -0.39 is 17.6 Å². The lowest BCUT2D eigenvalue weighted by molar-refractivity contribution is -0.143. The van der Waals surface area contributed by atoms with Gasteiger partial charge in [-0.15, -0.1) is 12.4 Å². The fourth-order valence-electron chi connectivity index (χ4n) is 5.51. The molecule has 0 unspecified atom stereocenters. The number of carbonyl (C=O) groups excluding carboxylic acids is 3. The summed E-state index contributed by atoms with van der Waals surface area (Å²) >= 11 is 0. The van der Waals surface area contributed by atoms with Gasteiger partial charge >= 0.3 is 18.1 Å². The van der Waals surface area contributed by atoms with Gasteiger partial charge in [-0.3, -0.25) is 0 Å². The van der Waals surface area contributed by atoms with E-state index in [-0.39, 0.29) is 36.6 Å². The van der Waals surface area contributed by atoms with Gasteiger partial charge in [0.15, 0.2) is 0 Å². The van der Waals surface area contributed by atoms with Crippen molar-refractivity contribution in [3.63, 3.8) is 0 Å². The number of fused-ring (bicyclic) bond motifs is 1. The van der Waals surface area contributed by atoms with Gasteiger partial charge in [-0.1, -0.05) is 31.7 Å². The lowest BCUT2D eigenvalue weighted by Crippen LogP contribution is -2.63. The van der Waals surface area contributed by atoms with E-state index in [4.69, 9.17) is 14.5 Å². The number of rotatable bonds is 10. The van der Waals surface area contributed by atoms with Crippen LogP contribution in [0.15, 0.2) is 12.1 Å². The van der Waals surface area contributed by atoms with Crippen LogP contribution in [0.1, 0.15) is 90.8 Å². The highest BCUT2D eigenvalue weighted by atomic mass is 35.5. The molecule has 0 aromatic carbocycles. The van der Waals surface area contributed by atoms with Gasteiger partial charge in [0.2, 0.25) is 0 Å². The second-order valence-corrected chi connectivity index (χ2v) is 12.2. The Labute approximate surface area is 251 Å². The second-order valence-electron chi connectivity index (χ2n) is 12.2. The maximum absolute atomic E-state index is 13.2. The Morgan fingerprint density at radius 2 is 1.73 bits per heavy atom. The zero-order valence-electron chi connectivity index (χ0n) is 25.7. The molecular formula is C30H50ClN5O5. The molecule has 10 nitrogen and oxygen atoms in total. The number of hydrogen-bond acceptors (Lipinski definition) is 7. The number of piperazine rings is 1. The molecule has 3 atom stereocenters.